The first-order valence-electron chi connectivity index (χ1n) is 7.30. The average molecular weight is 299 g/mol. The van der Waals surface area contributed by atoms with E-state index in [1.807, 2.05) is 12.1 Å². The zero-order valence-electron chi connectivity index (χ0n) is 14.3. The molecule has 2 aromatic rings. The first kappa shape index (κ1) is 16.0. The van der Waals surface area contributed by atoms with E-state index < -0.39 is 0 Å². The van der Waals surface area contributed by atoms with Gasteiger partial charge in [-0.3, -0.25) is 0 Å². The number of hydrogen-bond acceptors (Lipinski definition) is 4. The van der Waals surface area contributed by atoms with E-state index in [-0.39, 0.29) is 5.75 Å². The second-order valence-electron chi connectivity index (χ2n) is 6.09. The van der Waals surface area contributed by atoms with Gasteiger partial charge in [0.15, 0.2) is 0 Å². The molecule has 0 fully saturated rings. The highest BCUT2D eigenvalue weighted by molar-refractivity contribution is 5.92. The highest BCUT2D eigenvalue weighted by Crippen LogP contribution is 2.41. The normalized spacial score (nSPS) is 10.5. The van der Waals surface area contributed by atoms with Crippen LogP contribution in [0.1, 0.15) is 0 Å². The molecule has 22 heavy (non-hydrogen) atoms. The van der Waals surface area contributed by atoms with Gasteiger partial charge in [0.05, 0.1) is 0 Å². The number of nitrogens with zero attached hydrogens (tertiary/aromatic N) is 3. The molecule has 118 valence electrons. The monoisotopic (exact) mass is 299 g/mol. The molecule has 0 aliphatic heterocycles. The molecule has 2 rings (SSSR count). The number of benzene rings is 2. The molecule has 0 aromatic heterocycles. The van der Waals surface area contributed by atoms with Crippen LogP contribution in [-0.2, 0) is 0 Å². The van der Waals surface area contributed by atoms with Gasteiger partial charge in [0.1, 0.15) is 5.75 Å². The first-order chi connectivity index (χ1) is 10.3. The summed E-state index contributed by atoms with van der Waals surface area (Å²) in [7, 11) is 12.3. The summed E-state index contributed by atoms with van der Waals surface area (Å²) in [5.74, 6) is 0.284. The third kappa shape index (κ3) is 3.11. The Hall–Kier alpha value is -2.36. The number of hydrogen-bond donors (Lipinski definition) is 1. The lowest BCUT2D eigenvalue weighted by Crippen LogP contribution is -2.17. The predicted octanol–water partition coefficient (Wildman–Crippen LogP) is 3.26. The molecule has 0 bridgehead atoms. The van der Waals surface area contributed by atoms with Gasteiger partial charge in [0, 0.05) is 64.9 Å². The topological polar surface area (TPSA) is 30.0 Å². The maximum atomic E-state index is 9.55. The van der Waals surface area contributed by atoms with E-state index in [1.54, 1.807) is 12.1 Å². The Morgan fingerprint density at radius 3 is 1.50 bits per heavy atom. The molecule has 1 N–H and O–H groups in total. The van der Waals surface area contributed by atoms with Crippen molar-refractivity contribution in [3.8, 4) is 16.9 Å². The van der Waals surface area contributed by atoms with Gasteiger partial charge in [-0.15, -0.1) is 0 Å². The summed E-state index contributed by atoms with van der Waals surface area (Å²) in [6.45, 7) is 0. The summed E-state index contributed by atoms with van der Waals surface area (Å²) in [6, 6.07) is 11.8. The summed E-state index contributed by atoms with van der Waals surface area (Å²) < 4.78 is 0. The van der Waals surface area contributed by atoms with Crippen LogP contribution in [0.15, 0.2) is 36.4 Å². The molecule has 2 aromatic carbocycles. The lowest BCUT2D eigenvalue weighted by molar-refractivity contribution is 0.475. The molecule has 0 atom stereocenters. The molecule has 0 amide bonds. The lowest BCUT2D eigenvalue weighted by atomic mass is 9.99. The smallest absolute Gasteiger partial charge is 0.115 e. The molecule has 0 heterocycles. The molecule has 4 nitrogen and oxygen atoms in total. The minimum Gasteiger partial charge on any atom is -0.508 e. The van der Waals surface area contributed by atoms with Crippen LogP contribution in [0.2, 0.25) is 0 Å². The minimum atomic E-state index is 0.284. The molecule has 0 aliphatic rings. The Bertz CT molecular complexity index is 617. The molecular formula is C18H25N3O. The van der Waals surface area contributed by atoms with E-state index in [4.69, 9.17) is 0 Å². The van der Waals surface area contributed by atoms with Crippen LogP contribution in [-0.4, -0.2) is 47.4 Å². The van der Waals surface area contributed by atoms with Crippen LogP contribution >= 0.6 is 0 Å². The highest BCUT2D eigenvalue weighted by atomic mass is 16.3. The van der Waals surface area contributed by atoms with Crippen molar-refractivity contribution in [2.75, 3.05) is 57.0 Å². The number of phenols is 1. The Balaban J connectivity index is 2.76. The van der Waals surface area contributed by atoms with Crippen LogP contribution in [0.3, 0.4) is 0 Å². The predicted molar refractivity (Wildman–Crippen MR) is 96.5 cm³/mol. The van der Waals surface area contributed by atoms with Gasteiger partial charge < -0.3 is 19.8 Å². The fourth-order valence-electron chi connectivity index (χ4n) is 2.48. The number of rotatable bonds is 4. The molecule has 0 unspecified atom stereocenters. The Morgan fingerprint density at radius 1 is 0.682 bits per heavy atom. The maximum Gasteiger partial charge on any atom is 0.115 e. The van der Waals surface area contributed by atoms with Crippen LogP contribution in [0, 0.1) is 0 Å². The summed E-state index contributed by atoms with van der Waals surface area (Å²) in [4.78, 5) is 6.37. The van der Waals surface area contributed by atoms with E-state index in [0.29, 0.717) is 0 Å². The molecular weight excluding hydrogens is 274 g/mol. The first-order valence-corrected chi connectivity index (χ1v) is 7.30. The number of anilines is 3. The summed E-state index contributed by atoms with van der Waals surface area (Å²) in [5.41, 5.74) is 5.73. The third-order valence-electron chi connectivity index (χ3n) is 3.72. The summed E-state index contributed by atoms with van der Waals surface area (Å²) >= 11 is 0. The van der Waals surface area contributed by atoms with Gasteiger partial charge in [-0.2, -0.15) is 0 Å². The van der Waals surface area contributed by atoms with Gasteiger partial charge in [-0.1, -0.05) is 12.1 Å². The number of aromatic hydroxyl groups is 1. The van der Waals surface area contributed by atoms with Crippen molar-refractivity contribution in [3.05, 3.63) is 36.4 Å². The van der Waals surface area contributed by atoms with E-state index in [9.17, 15) is 5.11 Å². The molecule has 0 spiro atoms. The Labute approximate surface area is 133 Å². The number of phenolic OH excluding ortho intramolecular Hbond substituents is 1. The van der Waals surface area contributed by atoms with Crippen molar-refractivity contribution in [2.24, 2.45) is 0 Å². The zero-order chi connectivity index (χ0) is 16.4. The van der Waals surface area contributed by atoms with Crippen LogP contribution < -0.4 is 14.7 Å². The van der Waals surface area contributed by atoms with Crippen molar-refractivity contribution in [3.63, 3.8) is 0 Å². The largest absolute Gasteiger partial charge is 0.508 e. The molecule has 0 saturated heterocycles. The standard InChI is InChI=1S/C18H25N3O/c1-19(2)14-11-16(20(3)4)18(17(12-14)21(5)6)13-7-9-15(22)10-8-13/h7-12,22H,1-6H3. The molecule has 0 saturated carbocycles. The van der Waals surface area contributed by atoms with Gasteiger partial charge in [0.25, 0.3) is 0 Å². The highest BCUT2D eigenvalue weighted by Gasteiger charge is 2.16. The molecule has 4 heteroatoms. The van der Waals surface area contributed by atoms with E-state index in [1.165, 1.54) is 5.56 Å². The second-order valence-corrected chi connectivity index (χ2v) is 6.09. The Morgan fingerprint density at radius 2 is 1.14 bits per heavy atom. The van der Waals surface area contributed by atoms with E-state index in [0.717, 1.165) is 22.6 Å². The van der Waals surface area contributed by atoms with Gasteiger partial charge >= 0.3 is 0 Å². The van der Waals surface area contributed by atoms with Crippen LogP contribution in [0.5, 0.6) is 5.75 Å². The van der Waals surface area contributed by atoms with Crippen molar-refractivity contribution in [1.29, 1.82) is 0 Å². The zero-order valence-corrected chi connectivity index (χ0v) is 14.3. The van der Waals surface area contributed by atoms with Gasteiger partial charge in [0.2, 0.25) is 0 Å². The maximum absolute atomic E-state index is 9.55. The SMILES string of the molecule is CN(C)c1cc(N(C)C)c(-c2ccc(O)cc2)c(N(C)C)c1. The van der Waals surface area contributed by atoms with E-state index in [2.05, 4.69) is 69.1 Å². The Kier molecular flexibility index (Phi) is 4.50. The lowest BCUT2D eigenvalue weighted by Gasteiger charge is -2.27. The van der Waals surface area contributed by atoms with Crippen molar-refractivity contribution in [2.45, 2.75) is 0 Å². The van der Waals surface area contributed by atoms with Crippen molar-refractivity contribution >= 4 is 17.1 Å². The summed E-state index contributed by atoms with van der Waals surface area (Å²) in [5, 5.41) is 9.55. The van der Waals surface area contributed by atoms with Gasteiger partial charge in [-0.05, 0) is 29.8 Å². The molecule has 0 radical (unpaired) electrons. The average Bonchev–Trinajstić information content (AvgIpc) is 2.46. The summed E-state index contributed by atoms with van der Waals surface area (Å²) in [6.07, 6.45) is 0. The fraction of sp³-hybridized carbons (Fsp3) is 0.333. The van der Waals surface area contributed by atoms with Crippen molar-refractivity contribution in [1.82, 2.24) is 0 Å². The van der Waals surface area contributed by atoms with E-state index >= 15 is 0 Å². The van der Waals surface area contributed by atoms with Crippen molar-refractivity contribution < 1.29 is 5.11 Å². The minimum absolute atomic E-state index is 0.284. The third-order valence-corrected chi connectivity index (χ3v) is 3.72. The van der Waals surface area contributed by atoms with Gasteiger partial charge in [-0.25, -0.2) is 0 Å². The fourth-order valence-corrected chi connectivity index (χ4v) is 2.48. The quantitative estimate of drug-likeness (QED) is 0.938. The van der Waals surface area contributed by atoms with Crippen LogP contribution in [0.4, 0.5) is 17.1 Å². The van der Waals surface area contributed by atoms with Crippen LogP contribution in [0.25, 0.3) is 11.1 Å². The molecule has 0 aliphatic carbocycles. The second kappa shape index (κ2) is 6.18.